The summed E-state index contributed by atoms with van der Waals surface area (Å²) in [6, 6.07) is 4.23. The molecule has 2 aromatic rings. The highest BCUT2D eigenvalue weighted by atomic mass is 19.1. The number of aromatic carboxylic acids is 1. The van der Waals surface area contributed by atoms with Crippen LogP contribution in [0.5, 0.6) is 0 Å². The van der Waals surface area contributed by atoms with Gasteiger partial charge in [-0.05, 0) is 24.3 Å². The predicted molar refractivity (Wildman–Crippen MR) is 70.2 cm³/mol. The molecule has 8 heteroatoms. The van der Waals surface area contributed by atoms with Gasteiger partial charge in [0.2, 0.25) is 0 Å². The number of benzene rings is 1. The summed E-state index contributed by atoms with van der Waals surface area (Å²) >= 11 is 0. The quantitative estimate of drug-likeness (QED) is 0.811. The van der Waals surface area contributed by atoms with E-state index in [-0.39, 0.29) is 17.1 Å². The van der Waals surface area contributed by atoms with E-state index in [2.05, 4.69) is 15.6 Å². The van der Waals surface area contributed by atoms with Gasteiger partial charge in [0.25, 0.3) is 0 Å². The number of halogens is 2. The van der Waals surface area contributed by atoms with Crippen LogP contribution in [0.1, 0.15) is 10.4 Å². The van der Waals surface area contributed by atoms with Gasteiger partial charge >= 0.3 is 12.0 Å². The predicted octanol–water partition coefficient (Wildman–Crippen LogP) is 2.70. The molecular formula is C13H9F2N3O3. The molecule has 3 N–H and O–H groups in total. The van der Waals surface area contributed by atoms with Crippen LogP contribution in [0.15, 0.2) is 36.5 Å². The van der Waals surface area contributed by atoms with Gasteiger partial charge in [-0.3, -0.25) is 5.32 Å². The average molecular weight is 293 g/mol. The molecule has 0 unspecified atom stereocenters. The van der Waals surface area contributed by atoms with E-state index >= 15 is 0 Å². The maximum Gasteiger partial charge on any atom is 0.335 e. The molecule has 0 atom stereocenters. The molecule has 2 amide bonds. The molecule has 0 bridgehead atoms. The normalized spacial score (nSPS) is 10.0. The number of aromatic nitrogens is 1. The maximum absolute atomic E-state index is 13.3. The SMILES string of the molecule is O=C(Nc1cc(C(=O)O)ccn1)Nc1ccc(F)cc1F. The van der Waals surface area contributed by atoms with Gasteiger partial charge in [0.05, 0.1) is 11.3 Å². The van der Waals surface area contributed by atoms with Crippen LogP contribution in [0.3, 0.4) is 0 Å². The molecule has 6 nitrogen and oxygen atoms in total. The molecule has 2 rings (SSSR count). The number of anilines is 2. The summed E-state index contributed by atoms with van der Waals surface area (Å²) in [7, 11) is 0. The molecule has 0 aliphatic carbocycles. The Hall–Kier alpha value is -3.03. The van der Waals surface area contributed by atoms with Gasteiger partial charge in [0.1, 0.15) is 17.5 Å². The Kier molecular flexibility index (Phi) is 4.07. The molecule has 0 aliphatic rings. The Morgan fingerprint density at radius 1 is 1.10 bits per heavy atom. The number of nitrogens with zero attached hydrogens (tertiary/aromatic N) is 1. The number of carboxylic acids is 1. The zero-order valence-electron chi connectivity index (χ0n) is 10.4. The minimum atomic E-state index is -1.18. The fourth-order valence-electron chi connectivity index (χ4n) is 1.49. The first-order chi connectivity index (χ1) is 9.95. The highest BCUT2D eigenvalue weighted by Crippen LogP contribution is 2.15. The third-order valence-corrected chi connectivity index (χ3v) is 2.43. The standard InChI is InChI=1S/C13H9F2N3O3/c14-8-1-2-10(9(15)6-8)17-13(21)18-11-5-7(12(19)20)3-4-16-11/h1-6H,(H,19,20)(H2,16,17,18,21). The molecule has 0 saturated carbocycles. The first-order valence-corrected chi connectivity index (χ1v) is 5.68. The Balaban J connectivity index is 2.08. The summed E-state index contributed by atoms with van der Waals surface area (Å²) in [6.07, 6.45) is 1.21. The van der Waals surface area contributed by atoms with E-state index in [0.29, 0.717) is 6.07 Å². The minimum absolute atomic E-state index is 0.0186. The van der Waals surface area contributed by atoms with Crippen molar-refractivity contribution in [3.63, 3.8) is 0 Å². The molecule has 0 spiro atoms. The van der Waals surface area contributed by atoms with Crippen LogP contribution in [0, 0.1) is 11.6 Å². The highest BCUT2D eigenvalue weighted by Gasteiger charge is 2.10. The Morgan fingerprint density at radius 2 is 1.86 bits per heavy atom. The van der Waals surface area contributed by atoms with E-state index in [9.17, 15) is 18.4 Å². The van der Waals surface area contributed by atoms with Crippen molar-refractivity contribution in [3.05, 3.63) is 53.7 Å². The highest BCUT2D eigenvalue weighted by molar-refractivity contribution is 6.00. The molecule has 21 heavy (non-hydrogen) atoms. The fraction of sp³-hybridized carbons (Fsp3) is 0. The number of carbonyl (C=O) groups is 2. The molecule has 108 valence electrons. The number of urea groups is 1. The van der Waals surface area contributed by atoms with E-state index in [1.54, 1.807) is 0 Å². The molecule has 1 aromatic carbocycles. The van der Waals surface area contributed by atoms with Crippen LogP contribution in [0.2, 0.25) is 0 Å². The Morgan fingerprint density at radius 3 is 2.52 bits per heavy atom. The van der Waals surface area contributed by atoms with Crippen molar-refractivity contribution in [2.24, 2.45) is 0 Å². The summed E-state index contributed by atoms with van der Waals surface area (Å²) < 4.78 is 26.1. The van der Waals surface area contributed by atoms with Crippen molar-refractivity contribution in [3.8, 4) is 0 Å². The smallest absolute Gasteiger partial charge is 0.335 e. The first-order valence-electron chi connectivity index (χ1n) is 5.68. The topological polar surface area (TPSA) is 91.3 Å². The molecule has 0 radical (unpaired) electrons. The van der Waals surface area contributed by atoms with Crippen LogP contribution >= 0.6 is 0 Å². The fourth-order valence-corrected chi connectivity index (χ4v) is 1.49. The van der Waals surface area contributed by atoms with E-state index in [1.165, 1.54) is 12.3 Å². The lowest BCUT2D eigenvalue weighted by Crippen LogP contribution is -2.21. The summed E-state index contributed by atoms with van der Waals surface area (Å²) in [5.74, 6) is -2.90. The Bertz CT molecular complexity index is 707. The summed E-state index contributed by atoms with van der Waals surface area (Å²) in [5.41, 5.74) is -0.281. The van der Waals surface area contributed by atoms with Gasteiger partial charge in [-0.15, -0.1) is 0 Å². The van der Waals surface area contributed by atoms with Crippen LogP contribution in [0.4, 0.5) is 25.1 Å². The van der Waals surface area contributed by atoms with E-state index in [1.807, 2.05) is 0 Å². The van der Waals surface area contributed by atoms with Gasteiger partial charge in [-0.2, -0.15) is 0 Å². The van der Waals surface area contributed by atoms with Crippen molar-refractivity contribution in [2.45, 2.75) is 0 Å². The number of nitrogens with one attached hydrogen (secondary N) is 2. The number of hydrogen-bond acceptors (Lipinski definition) is 3. The van der Waals surface area contributed by atoms with Gasteiger partial charge in [-0.1, -0.05) is 0 Å². The Labute approximate surface area is 117 Å². The maximum atomic E-state index is 13.3. The second-order valence-corrected chi connectivity index (χ2v) is 3.94. The van der Waals surface area contributed by atoms with Crippen LogP contribution in [-0.2, 0) is 0 Å². The van der Waals surface area contributed by atoms with Crippen molar-refractivity contribution in [1.82, 2.24) is 4.98 Å². The third kappa shape index (κ3) is 3.72. The third-order valence-electron chi connectivity index (χ3n) is 2.43. The second kappa shape index (κ2) is 5.95. The minimum Gasteiger partial charge on any atom is -0.478 e. The zero-order valence-corrected chi connectivity index (χ0v) is 10.4. The lowest BCUT2D eigenvalue weighted by Gasteiger charge is -2.08. The largest absolute Gasteiger partial charge is 0.478 e. The van der Waals surface area contributed by atoms with E-state index in [0.717, 1.165) is 18.2 Å². The number of pyridine rings is 1. The summed E-state index contributed by atoms with van der Waals surface area (Å²) in [5, 5.41) is 13.2. The van der Waals surface area contributed by atoms with Crippen LogP contribution in [-0.4, -0.2) is 22.1 Å². The van der Waals surface area contributed by atoms with Crippen molar-refractivity contribution < 1.29 is 23.5 Å². The molecule has 1 aromatic heterocycles. The molecular weight excluding hydrogens is 284 g/mol. The number of carbonyl (C=O) groups excluding carboxylic acids is 1. The lowest BCUT2D eigenvalue weighted by atomic mass is 10.2. The van der Waals surface area contributed by atoms with Crippen LogP contribution in [0.25, 0.3) is 0 Å². The van der Waals surface area contributed by atoms with Crippen LogP contribution < -0.4 is 10.6 Å². The van der Waals surface area contributed by atoms with E-state index < -0.39 is 23.6 Å². The van der Waals surface area contributed by atoms with Crippen molar-refractivity contribution >= 4 is 23.5 Å². The number of amides is 2. The summed E-state index contributed by atoms with van der Waals surface area (Å²) in [4.78, 5) is 26.1. The zero-order chi connectivity index (χ0) is 15.4. The summed E-state index contributed by atoms with van der Waals surface area (Å²) in [6.45, 7) is 0. The van der Waals surface area contributed by atoms with Crippen molar-refractivity contribution in [2.75, 3.05) is 10.6 Å². The van der Waals surface area contributed by atoms with Gasteiger partial charge in [-0.25, -0.2) is 23.4 Å². The number of rotatable bonds is 3. The number of hydrogen-bond donors (Lipinski definition) is 3. The van der Waals surface area contributed by atoms with Gasteiger partial charge in [0, 0.05) is 12.3 Å². The first kappa shape index (κ1) is 14.4. The van der Waals surface area contributed by atoms with Crippen molar-refractivity contribution in [1.29, 1.82) is 0 Å². The molecule has 0 aliphatic heterocycles. The second-order valence-electron chi connectivity index (χ2n) is 3.94. The number of carboxylic acid groups (broad SMARTS) is 1. The lowest BCUT2D eigenvalue weighted by molar-refractivity contribution is 0.0696. The average Bonchev–Trinajstić information content (AvgIpc) is 2.42. The molecule has 1 heterocycles. The van der Waals surface area contributed by atoms with E-state index in [4.69, 9.17) is 5.11 Å². The molecule has 0 fully saturated rings. The van der Waals surface area contributed by atoms with Gasteiger partial charge in [0.15, 0.2) is 0 Å². The monoisotopic (exact) mass is 293 g/mol. The van der Waals surface area contributed by atoms with Gasteiger partial charge < -0.3 is 10.4 Å². The molecule has 0 saturated heterocycles.